The summed E-state index contributed by atoms with van der Waals surface area (Å²) in [6.45, 7) is 2.07. The average Bonchev–Trinajstić information content (AvgIpc) is 3.05. The molecule has 2 N–H and O–H groups in total. The van der Waals surface area contributed by atoms with E-state index in [1.54, 1.807) is 23.5 Å². The molecule has 1 aromatic heterocycles. The number of fused-ring (bicyclic) bond motifs is 1. The molecule has 128 valence electrons. The first-order valence-corrected chi connectivity index (χ1v) is 8.98. The van der Waals surface area contributed by atoms with E-state index in [4.69, 9.17) is 0 Å². The number of nitrogens with zero attached hydrogens (tertiary/aromatic N) is 1. The van der Waals surface area contributed by atoms with Gasteiger partial charge in [0, 0.05) is 16.8 Å². The third-order valence-electron chi connectivity index (χ3n) is 4.04. The number of benzene rings is 3. The highest BCUT2D eigenvalue weighted by molar-refractivity contribution is 7.21. The fraction of sp³-hybridized carbons (Fsp3) is 0.0476. The molecule has 0 fully saturated rings. The monoisotopic (exact) mass is 360 g/mol. The Balaban J connectivity index is 1.55. The molecular weight excluding hydrogens is 344 g/mol. The molecule has 0 radical (unpaired) electrons. The van der Waals surface area contributed by atoms with Crippen LogP contribution in [0.25, 0.3) is 20.8 Å². The van der Waals surface area contributed by atoms with Crippen molar-refractivity contribution in [1.82, 2.24) is 4.98 Å². The van der Waals surface area contributed by atoms with Crippen LogP contribution in [0.4, 0.5) is 5.69 Å². The molecule has 0 aliphatic rings. The van der Waals surface area contributed by atoms with Gasteiger partial charge in [0.15, 0.2) is 0 Å². The van der Waals surface area contributed by atoms with Gasteiger partial charge in [-0.1, -0.05) is 12.1 Å². The molecular formula is C21H16N2O2S. The van der Waals surface area contributed by atoms with Crippen LogP contribution in [0.15, 0.2) is 66.7 Å². The summed E-state index contributed by atoms with van der Waals surface area (Å²) >= 11 is 1.66. The van der Waals surface area contributed by atoms with Crippen molar-refractivity contribution < 1.29 is 9.90 Å². The fourth-order valence-corrected chi connectivity index (χ4v) is 3.77. The number of anilines is 1. The molecule has 4 nitrogen and oxygen atoms in total. The SMILES string of the molecule is Cc1ccc2nc(-c3ccc(NC(=O)c4cccc(O)c4)cc3)sc2c1. The van der Waals surface area contributed by atoms with Crippen LogP contribution in [-0.2, 0) is 0 Å². The maximum atomic E-state index is 12.2. The number of rotatable bonds is 3. The molecule has 0 spiro atoms. The Kier molecular flexibility index (Phi) is 4.14. The van der Waals surface area contributed by atoms with E-state index in [0.717, 1.165) is 16.1 Å². The van der Waals surface area contributed by atoms with Crippen LogP contribution in [0, 0.1) is 6.92 Å². The van der Waals surface area contributed by atoms with Crippen molar-refractivity contribution >= 4 is 33.1 Å². The summed E-state index contributed by atoms with van der Waals surface area (Å²) < 4.78 is 1.17. The fourth-order valence-electron chi connectivity index (χ4n) is 2.70. The Morgan fingerprint density at radius 3 is 2.62 bits per heavy atom. The van der Waals surface area contributed by atoms with Crippen molar-refractivity contribution in [3.63, 3.8) is 0 Å². The largest absolute Gasteiger partial charge is 0.508 e. The van der Waals surface area contributed by atoms with E-state index in [0.29, 0.717) is 11.3 Å². The second-order valence-electron chi connectivity index (χ2n) is 6.07. The molecule has 4 rings (SSSR count). The Labute approximate surface area is 154 Å². The second kappa shape index (κ2) is 6.61. The quantitative estimate of drug-likeness (QED) is 0.526. The Hall–Kier alpha value is -3.18. The number of carbonyl (C=O) groups is 1. The minimum absolute atomic E-state index is 0.0686. The molecule has 1 heterocycles. The molecule has 1 amide bonds. The first-order chi connectivity index (χ1) is 12.6. The van der Waals surface area contributed by atoms with Crippen LogP contribution < -0.4 is 5.32 Å². The van der Waals surface area contributed by atoms with E-state index >= 15 is 0 Å². The molecule has 4 aromatic rings. The van der Waals surface area contributed by atoms with Gasteiger partial charge in [0.1, 0.15) is 10.8 Å². The maximum absolute atomic E-state index is 12.2. The van der Waals surface area contributed by atoms with Crippen molar-refractivity contribution in [2.75, 3.05) is 5.32 Å². The predicted molar refractivity (Wildman–Crippen MR) is 106 cm³/mol. The molecule has 0 aliphatic carbocycles. The first kappa shape index (κ1) is 16.3. The van der Waals surface area contributed by atoms with E-state index in [9.17, 15) is 9.90 Å². The average molecular weight is 360 g/mol. The number of hydrogen-bond acceptors (Lipinski definition) is 4. The minimum Gasteiger partial charge on any atom is -0.508 e. The molecule has 0 aliphatic heterocycles. The third-order valence-corrected chi connectivity index (χ3v) is 5.11. The highest BCUT2D eigenvalue weighted by Crippen LogP contribution is 2.31. The summed E-state index contributed by atoms with van der Waals surface area (Å²) in [5.74, 6) is -0.191. The van der Waals surface area contributed by atoms with Crippen molar-refractivity contribution in [3.8, 4) is 16.3 Å². The molecule has 5 heteroatoms. The summed E-state index contributed by atoms with van der Waals surface area (Å²) in [4.78, 5) is 16.9. The summed E-state index contributed by atoms with van der Waals surface area (Å²) in [5, 5.41) is 13.3. The number of aryl methyl sites for hydroxylation is 1. The van der Waals surface area contributed by atoms with Crippen LogP contribution >= 0.6 is 11.3 Å². The van der Waals surface area contributed by atoms with Gasteiger partial charge in [-0.3, -0.25) is 4.79 Å². The molecule has 3 aromatic carbocycles. The molecule has 26 heavy (non-hydrogen) atoms. The highest BCUT2D eigenvalue weighted by Gasteiger charge is 2.09. The molecule has 0 bridgehead atoms. The number of thiazole rings is 1. The van der Waals surface area contributed by atoms with Gasteiger partial charge in [0.2, 0.25) is 0 Å². The smallest absolute Gasteiger partial charge is 0.255 e. The van der Waals surface area contributed by atoms with E-state index in [-0.39, 0.29) is 11.7 Å². The zero-order chi connectivity index (χ0) is 18.1. The molecule has 0 unspecified atom stereocenters. The normalized spacial score (nSPS) is 10.8. The number of aromatic hydroxyl groups is 1. The highest BCUT2D eigenvalue weighted by atomic mass is 32.1. The number of amides is 1. The number of aromatic nitrogens is 1. The topological polar surface area (TPSA) is 62.2 Å². The minimum atomic E-state index is -0.260. The van der Waals surface area contributed by atoms with Gasteiger partial charge in [0.05, 0.1) is 10.2 Å². The molecule has 0 atom stereocenters. The van der Waals surface area contributed by atoms with Gasteiger partial charge in [-0.25, -0.2) is 4.98 Å². The van der Waals surface area contributed by atoms with Gasteiger partial charge < -0.3 is 10.4 Å². The van der Waals surface area contributed by atoms with Crippen molar-refractivity contribution in [2.45, 2.75) is 6.92 Å². The van der Waals surface area contributed by atoms with E-state index in [2.05, 4.69) is 29.4 Å². The second-order valence-corrected chi connectivity index (χ2v) is 7.10. The van der Waals surface area contributed by atoms with Crippen LogP contribution in [0.5, 0.6) is 5.75 Å². The maximum Gasteiger partial charge on any atom is 0.255 e. The van der Waals surface area contributed by atoms with Gasteiger partial charge in [0.25, 0.3) is 5.91 Å². The van der Waals surface area contributed by atoms with Crippen LogP contribution in [0.1, 0.15) is 15.9 Å². The summed E-state index contributed by atoms with van der Waals surface area (Å²) in [6.07, 6.45) is 0. The van der Waals surface area contributed by atoms with Gasteiger partial charge in [-0.15, -0.1) is 11.3 Å². The van der Waals surface area contributed by atoms with Gasteiger partial charge >= 0.3 is 0 Å². The van der Waals surface area contributed by atoms with E-state index < -0.39 is 0 Å². The Morgan fingerprint density at radius 1 is 1.04 bits per heavy atom. The predicted octanol–water partition coefficient (Wildman–Crippen LogP) is 5.23. The van der Waals surface area contributed by atoms with E-state index in [1.165, 1.54) is 22.4 Å². The van der Waals surface area contributed by atoms with Crippen LogP contribution in [0.3, 0.4) is 0 Å². The Bertz CT molecular complexity index is 1100. The number of hydrogen-bond donors (Lipinski definition) is 2. The first-order valence-electron chi connectivity index (χ1n) is 8.16. The van der Waals surface area contributed by atoms with E-state index in [1.807, 2.05) is 30.3 Å². The lowest BCUT2D eigenvalue weighted by atomic mass is 10.2. The standard InChI is InChI=1S/C21H16N2O2S/c1-13-5-10-18-19(11-13)26-21(23-18)14-6-8-16(9-7-14)22-20(25)15-3-2-4-17(24)12-15/h2-12,24H,1H3,(H,22,25). The lowest BCUT2D eigenvalue weighted by Gasteiger charge is -2.06. The third kappa shape index (κ3) is 3.30. The summed E-state index contributed by atoms with van der Waals surface area (Å²) in [6, 6.07) is 20.1. The summed E-state index contributed by atoms with van der Waals surface area (Å²) in [5.41, 5.74) is 4.34. The summed E-state index contributed by atoms with van der Waals surface area (Å²) in [7, 11) is 0. The van der Waals surface area contributed by atoms with Crippen molar-refractivity contribution in [2.24, 2.45) is 0 Å². The molecule has 0 saturated carbocycles. The zero-order valence-corrected chi connectivity index (χ0v) is 14.9. The van der Waals surface area contributed by atoms with Crippen molar-refractivity contribution in [3.05, 3.63) is 77.9 Å². The number of phenolic OH excluding ortho intramolecular Hbond substituents is 1. The number of phenols is 1. The Morgan fingerprint density at radius 2 is 1.85 bits per heavy atom. The number of nitrogens with one attached hydrogen (secondary N) is 1. The van der Waals surface area contributed by atoms with Gasteiger partial charge in [-0.05, 0) is 67.1 Å². The van der Waals surface area contributed by atoms with Crippen molar-refractivity contribution in [1.29, 1.82) is 0 Å². The molecule has 0 saturated heterocycles. The zero-order valence-electron chi connectivity index (χ0n) is 14.1. The number of carbonyl (C=O) groups excluding carboxylic acids is 1. The lowest BCUT2D eigenvalue weighted by molar-refractivity contribution is 0.102. The van der Waals surface area contributed by atoms with Crippen LogP contribution in [-0.4, -0.2) is 16.0 Å². The van der Waals surface area contributed by atoms with Crippen LogP contribution in [0.2, 0.25) is 0 Å². The van der Waals surface area contributed by atoms with Gasteiger partial charge in [-0.2, -0.15) is 0 Å². The lowest BCUT2D eigenvalue weighted by Crippen LogP contribution is -2.11.